The highest BCUT2D eigenvalue weighted by atomic mass is 16.7. The number of aliphatic hydroxyl groups is 2. The lowest BCUT2D eigenvalue weighted by atomic mass is 9.36. The van der Waals surface area contributed by atoms with Crippen LogP contribution in [0, 0.1) is 34.0 Å². The molecule has 0 aromatic rings. The van der Waals surface area contributed by atoms with E-state index in [0.717, 1.165) is 32.1 Å². The summed E-state index contributed by atoms with van der Waals surface area (Å²) in [6.07, 6.45) is 1.55. The number of ether oxygens (including phenoxy) is 4. The van der Waals surface area contributed by atoms with Gasteiger partial charge in [-0.2, -0.15) is 0 Å². The second-order valence-electron chi connectivity index (χ2n) is 11.9. The van der Waals surface area contributed by atoms with Crippen LogP contribution in [0.3, 0.4) is 0 Å². The fraction of sp³-hybridized carbons (Fsp3) is 0.917. The molecular formula is C24H34O8. The van der Waals surface area contributed by atoms with Gasteiger partial charge in [0.2, 0.25) is 5.79 Å². The molecule has 3 aliphatic heterocycles. The van der Waals surface area contributed by atoms with Crippen LogP contribution in [0.2, 0.25) is 0 Å². The van der Waals surface area contributed by atoms with Crippen molar-refractivity contribution in [1.29, 1.82) is 0 Å². The summed E-state index contributed by atoms with van der Waals surface area (Å²) in [7, 11) is 0. The van der Waals surface area contributed by atoms with Crippen LogP contribution in [-0.2, 0) is 28.5 Å². The van der Waals surface area contributed by atoms with E-state index < -0.39 is 52.5 Å². The highest BCUT2D eigenvalue weighted by molar-refractivity contribution is 5.67. The minimum atomic E-state index is -1.97. The lowest BCUT2D eigenvalue weighted by Crippen LogP contribution is -2.85. The van der Waals surface area contributed by atoms with Crippen LogP contribution in [0.5, 0.6) is 0 Å². The molecule has 0 aromatic carbocycles. The SMILES string of the molecule is CC(=O)O[C@@H]1[C@H]2CC[C@H]3C45CCCC(C)(C)[C@H]4[C@H](OC(C)=O)C(O)(OC5)[C@@]13[C@@H](O)[C@@]21CO1. The summed E-state index contributed by atoms with van der Waals surface area (Å²) in [4.78, 5) is 24.5. The number of aliphatic hydroxyl groups excluding tert-OH is 1. The van der Waals surface area contributed by atoms with E-state index in [4.69, 9.17) is 18.9 Å². The first kappa shape index (κ1) is 21.3. The molecule has 0 aromatic heterocycles. The molecular weight excluding hydrogens is 416 g/mol. The smallest absolute Gasteiger partial charge is 0.303 e. The van der Waals surface area contributed by atoms with Crippen LogP contribution in [0.25, 0.3) is 0 Å². The molecule has 7 rings (SSSR count). The van der Waals surface area contributed by atoms with Crippen molar-refractivity contribution in [3.05, 3.63) is 0 Å². The van der Waals surface area contributed by atoms with Gasteiger partial charge in [-0.15, -0.1) is 0 Å². The Bertz CT molecular complexity index is 881. The van der Waals surface area contributed by atoms with Crippen molar-refractivity contribution in [2.75, 3.05) is 13.2 Å². The number of carbonyl (C=O) groups is 2. The Morgan fingerprint density at radius 1 is 0.969 bits per heavy atom. The molecule has 3 spiro atoms. The monoisotopic (exact) mass is 450 g/mol. The summed E-state index contributed by atoms with van der Waals surface area (Å²) in [6, 6.07) is 0. The molecule has 4 saturated carbocycles. The molecule has 2 unspecified atom stereocenters. The average Bonchev–Trinajstić information content (AvgIpc) is 3.48. The minimum absolute atomic E-state index is 0.125. The molecule has 4 aliphatic carbocycles. The van der Waals surface area contributed by atoms with Crippen LogP contribution >= 0.6 is 0 Å². The van der Waals surface area contributed by atoms with E-state index in [0.29, 0.717) is 13.2 Å². The Kier molecular flexibility index (Phi) is 4.04. The molecule has 4 bridgehead atoms. The Morgan fingerprint density at radius 3 is 2.25 bits per heavy atom. The molecule has 7 aliphatic rings. The number of esters is 2. The van der Waals surface area contributed by atoms with Gasteiger partial charge >= 0.3 is 11.9 Å². The van der Waals surface area contributed by atoms with Crippen molar-refractivity contribution in [2.24, 2.45) is 34.0 Å². The van der Waals surface area contributed by atoms with Gasteiger partial charge in [-0.25, -0.2) is 0 Å². The maximum Gasteiger partial charge on any atom is 0.303 e. The molecule has 3 saturated heterocycles. The zero-order chi connectivity index (χ0) is 22.9. The molecule has 7 fully saturated rings. The second-order valence-corrected chi connectivity index (χ2v) is 11.9. The molecule has 0 amide bonds. The van der Waals surface area contributed by atoms with Gasteiger partial charge in [0.1, 0.15) is 17.8 Å². The third-order valence-electron chi connectivity index (χ3n) is 10.3. The van der Waals surface area contributed by atoms with Gasteiger partial charge in [-0.05, 0) is 37.0 Å². The predicted octanol–water partition coefficient (Wildman–Crippen LogP) is 1.55. The van der Waals surface area contributed by atoms with Gasteiger partial charge in [-0.1, -0.05) is 20.3 Å². The summed E-state index contributed by atoms with van der Waals surface area (Å²) in [5.74, 6) is -3.42. The largest absolute Gasteiger partial charge is 0.461 e. The first-order valence-corrected chi connectivity index (χ1v) is 12.0. The van der Waals surface area contributed by atoms with E-state index in [1.165, 1.54) is 13.8 Å². The van der Waals surface area contributed by atoms with Gasteiger partial charge in [-0.3, -0.25) is 9.59 Å². The van der Waals surface area contributed by atoms with Gasteiger partial charge in [0.05, 0.1) is 18.6 Å². The fourth-order valence-electron chi connectivity index (χ4n) is 9.53. The lowest BCUT2D eigenvalue weighted by molar-refractivity contribution is -0.468. The zero-order valence-electron chi connectivity index (χ0n) is 19.3. The fourth-order valence-corrected chi connectivity index (χ4v) is 9.53. The molecule has 32 heavy (non-hydrogen) atoms. The summed E-state index contributed by atoms with van der Waals surface area (Å²) in [6.45, 7) is 7.76. The van der Waals surface area contributed by atoms with Gasteiger partial charge in [0.25, 0.3) is 0 Å². The molecule has 3 heterocycles. The summed E-state index contributed by atoms with van der Waals surface area (Å²) in [5.41, 5.74) is -2.73. The van der Waals surface area contributed by atoms with Crippen LogP contribution < -0.4 is 0 Å². The van der Waals surface area contributed by atoms with E-state index in [9.17, 15) is 19.8 Å². The first-order valence-electron chi connectivity index (χ1n) is 12.0. The van der Waals surface area contributed by atoms with Gasteiger partial charge < -0.3 is 29.2 Å². The Morgan fingerprint density at radius 2 is 1.62 bits per heavy atom. The normalized spacial score (nSPS) is 56.3. The minimum Gasteiger partial charge on any atom is -0.461 e. The zero-order valence-corrected chi connectivity index (χ0v) is 19.3. The van der Waals surface area contributed by atoms with Gasteiger partial charge in [0.15, 0.2) is 6.10 Å². The Labute approximate surface area is 187 Å². The van der Waals surface area contributed by atoms with Crippen molar-refractivity contribution in [3.8, 4) is 0 Å². The van der Waals surface area contributed by atoms with Crippen molar-refractivity contribution in [2.45, 2.75) is 89.5 Å². The van der Waals surface area contributed by atoms with Crippen LogP contribution in [0.15, 0.2) is 0 Å². The summed E-state index contributed by atoms with van der Waals surface area (Å²) >= 11 is 0. The van der Waals surface area contributed by atoms with E-state index in [1.807, 2.05) is 0 Å². The molecule has 10 atom stereocenters. The molecule has 8 nitrogen and oxygen atoms in total. The van der Waals surface area contributed by atoms with E-state index in [-0.39, 0.29) is 23.2 Å². The van der Waals surface area contributed by atoms with Gasteiger partial charge in [0, 0.05) is 31.1 Å². The second kappa shape index (κ2) is 6.06. The number of hydrogen-bond acceptors (Lipinski definition) is 8. The quantitative estimate of drug-likeness (QED) is 0.481. The highest BCUT2D eigenvalue weighted by Crippen LogP contribution is 2.80. The molecule has 0 radical (unpaired) electrons. The van der Waals surface area contributed by atoms with E-state index >= 15 is 0 Å². The van der Waals surface area contributed by atoms with Crippen molar-refractivity contribution in [3.63, 3.8) is 0 Å². The molecule has 8 heteroatoms. The third-order valence-corrected chi connectivity index (χ3v) is 10.3. The van der Waals surface area contributed by atoms with E-state index in [2.05, 4.69) is 13.8 Å². The topological polar surface area (TPSA) is 115 Å². The average molecular weight is 451 g/mol. The number of carbonyl (C=O) groups excluding carboxylic acids is 2. The number of epoxide rings is 1. The molecule has 178 valence electrons. The third kappa shape index (κ3) is 2.10. The van der Waals surface area contributed by atoms with Crippen LogP contribution in [0.1, 0.15) is 59.8 Å². The van der Waals surface area contributed by atoms with Crippen LogP contribution in [0.4, 0.5) is 0 Å². The summed E-state index contributed by atoms with van der Waals surface area (Å²) in [5, 5.41) is 24.4. The van der Waals surface area contributed by atoms with Crippen molar-refractivity contribution < 1.29 is 38.7 Å². The van der Waals surface area contributed by atoms with Crippen molar-refractivity contribution >= 4 is 11.9 Å². The maximum atomic E-state index is 12.5. The van der Waals surface area contributed by atoms with Crippen LogP contribution in [-0.4, -0.2) is 65.1 Å². The summed E-state index contributed by atoms with van der Waals surface area (Å²) < 4.78 is 24.0. The first-order chi connectivity index (χ1) is 15.0. The lowest BCUT2D eigenvalue weighted by Gasteiger charge is -2.75. The highest BCUT2D eigenvalue weighted by Gasteiger charge is 2.91. The number of rotatable bonds is 2. The van der Waals surface area contributed by atoms with Crippen molar-refractivity contribution in [1.82, 2.24) is 0 Å². The maximum absolute atomic E-state index is 12.5. The predicted molar refractivity (Wildman–Crippen MR) is 109 cm³/mol. The standard InChI is InChI=1S/C24H34O8/c1-12(25)31-17-14-6-7-15-21-9-5-8-20(3,4)16(21)18(32-13(2)26)24(28,30-10-21)23(15,17)19(27)22(14)11-29-22/h14-19,27-28H,5-11H2,1-4H3/t14-,15+,16-,17-,18+,19+,21?,22-,23-,24?/m1/s1. The Balaban J connectivity index is 1.61. The molecule has 2 N–H and O–H groups in total. The number of hydrogen-bond donors (Lipinski definition) is 2. The Hall–Kier alpha value is -1.22. The van der Waals surface area contributed by atoms with E-state index in [1.54, 1.807) is 0 Å². The number of fused-ring (bicyclic) bond motifs is 3.